The Morgan fingerprint density at radius 2 is 1.62 bits per heavy atom. The number of benzene rings is 2. The van der Waals surface area contributed by atoms with Crippen LogP contribution in [0, 0.1) is 0 Å². The van der Waals surface area contributed by atoms with Gasteiger partial charge in [0.2, 0.25) is 5.91 Å². The highest BCUT2D eigenvalue weighted by Crippen LogP contribution is 2.15. The number of nitrogens with one attached hydrogen (secondary N) is 2. The van der Waals surface area contributed by atoms with E-state index in [2.05, 4.69) is 15.0 Å². The standard InChI is InChI=1S/C22H19N3O6S/c1-31-22(28)19-12-7-16(14-23-19)21(27)25-32(29,30)18-10-8-17(9-11-18)24-20(26)13-15-5-3-2-4-6-15/h2-12,14H,13H2,1H3,(H,24,26)(H,25,27). The lowest BCUT2D eigenvalue weighted by atomic mass is 10.1. The average Bonchev–Trinajstić information content (AvgIpc) is 2.79. The summed E-state index contributed by atoms with van der Waals surface area (Å²) >= 11 is 0. The highest BCUT2D eigenvalue weighted by molar-refractivity contribution is 7.90. The summed E-state index contributed by atoms with van der Waals surface area (Å²) in [5.41, 5.74) is 1.20. The highest BCUT2D eigenvalue weighted by Gasteiger charge is 2.19. The first-order chi connectivity index (χ1) is 15.3. The van der Waals surface area contributed by atoms with Gasteiger partial charge >= 0.3 is 5.97 Å². The SMILES string of the molecule is COC(=O)c1ccc(C(=O)NS(=O)(=O)c2ccc(NC(=O)Cc3ccccc3)cc2)cn1. The molecule has 3 aromatic rings. The van der Waals surface area contributed by atoms with Gasteiger partial charge in [0, 0.05) is 11.9 Å². The number of nitrogens with zero attached hydrogens (tertiary/aromatic N) is 1. The van der Waals surface area contributed by atoms with Gasteiger partial charge in [-0.25, -0.2) is 22.9 Å². The summed E-state index contributed by atoms with van der Waals surface area (Å²) in [6.07, 6.45) is 1.25. The van der Waals surface area contributed by atoms with Gasteiger partial charge in [0.05, 0.1) is 24.0 Å². The lowest BCUT2D eigenvalue weighted by molar-refractivity contribution is -0.115. The van der Waals surface area contributed by atoms with Gasteiger partial charge in [-0.15, -0.1) is 0 Å². The van der Waals surface area contributed by atoms with E-state index < -0.39 is 21.9 Å². The molecule has 9 nitrogen and oxygen atoms in total. The van der Waals surface area contributed by atoms with Crippen molar-refractivity contribution in [1.29, 1.82) is 0 Å². The van der Waals surface area contributed by atoms with Crippen molar-refractivity contribution in [2.45, 2.75) is 11.3 Å². The molecule has 0 saturated heterocycles. The van der Waals surface area contributed by atoms with Crippen LogP contribution in [0.25, 0.3) is 0 Å². The fourth-order valence-electron chi connectivity index (χ4n) is 2.70. The van der Waals surface area contributed by atoms with E-state index in [9.17, 15) is 22.8 Å². The van der Waals surface area contributed by atoms with Gasteiger partial charge in [0.25, 0.3) is 15.9 Å². The number of hydrogen-bond donors (Lipinski definition) is 2. The number of anilines is 1. The van der Waals surface area contributed by atoms with E-state index in [4.69, 9.17) is 0 Å². The number of esters is 1. The zero-order valence-electron chi connectivity index (χ0n) is 16.9. The smallest absolute Gasteiger partial charge is 0.356 e. The lowest BCUT2D eigenvalue weighted by Crippen LogP contribution is -2.30. The molecule has 1 heterocycles. The molecular weight excluding hydrogens is 434 g/mol. The van der Waals surface area contributed by atoms with Crippen molar-refractivity contribution >= 4 is 33.5 Å². The van der Waals surface area contributed by atoms with Crippen LogP contribution in [0.2, 0.25) is 0 Å². The topological polar surface area (TPSA) is 132 Å². The van der Waals surface area contributed by atoms with Crippen molar-refractivity contribution in [2.75, 3.05) is 12.4 Å². The van der Waals surface area contributed by atoms with Crippen LogP contribution in [0.4, 0.5) is 5.69 Å². The summed E-state index contributed by atoms with van der Waals surface area (Å²) in [6.45, 7) is 0. The summed E-state index contributed by atoms with van der Waals surface area (Å²) in [6, 6.07) is 17.1. The van der Waals surface area contributed by atoms with Crippen molar-refractivity contribution in [2.24, 2.45) is 0 Å². The minimum Gasteiger partial charge on any atom is -0.464 e. The van der Waals surface area contributed by atoms with Crippen LogP contribution in [0.15, 0.2) is 77.8 Å². The average molecular weight is 453 g/mol. The largest absolute Gasteiger partial charge is 0.464 e. The number of pyridine rings is 1. The maximum Gasteiger partial charge on any atom is 0.356 e. The zero-order valence-corrected chi connectivity index (χ0v) is 17.8. The number of carbonyl (C=O) groups is 3. The maximum atomic E-state index is 12.5. The molecule has 0 unspecified atom stereocenters. The Morgan fingerprint density at radius 1 is 0.938 bits per heavy atom. The number of rotatable bonds is 7. The third-order valence-corrected chi connectivity index (χ3v) is 5.65. The lowest BCUT2D eigenvalue weighted by Gasteiger charge is -2.09. The van der Waals surface area contributed by atoms with Crippen LogP contribution in [-0.4, -0.2) is 38.3 Å². The summed E-state index contributed by atoms with van der Waals surface area (Å²) in [5, 5.41) is 2.69. The number of methoxy groups -OCH3 is 1. The molecule has 0 aliphatic rings. The molecule has 0 aliphatic carbocycles. The van der Waals surface area contributed by atoms with E-state index in [0.717, 1.165) is 11.8 Å². The molecule has 1 aromatic heterocycles. The van der Waals surface area contributed by atoms with Crippen LogP contribution >= 0.6 is 0 Å². The molecule has 2 amide bonds. The first kappa shape index (κ1) is 22.6. The molecule has 2 aromatic carbocycles. The van der Waals surface area contributed by atoms with Crippen molar-refractivity contribution in [3.8, 4) is 0 Å². The van der Waals surface area contributed by atoms with E-state index in [1.165, 1.54) is 43.5 Å². The predicted octanol–water partition coefficient (Wildman–Crippen LogP) is 2.17. The molecule has 164 valence electrons. The minimum atomic E-state index is -4.16. The van der Waals surface area contributed by atoms with Crippen molar-refractivity contribution in [1.82, 2.24) is 9.71 Å². The third kappa shape index (κ3) is 5.76. The van der Waals surface area contributed by atoms with E-state index in [1.54, 1.807) is 0 Å². The Bertz CT molecular complexity index is 1220. The van der Waals surface area contributed by atoms with Gasteiger partial charge < -0.3 is 10.1 Å². The molecule has 10 heteroatoms. The molecule has 0 saturated carbocycles. The first-order valence-electron chi connectivity index (χ1n) is 9.34. The molecule has 0 spiro atoms. The number of carbonyl (C=O) groups excluding carboxylic acids is 3. The number of amides is 2. The van der Waals surface area contributed by atoms with Gasteiger partial charge in [-0.3, -0.25) is 9.59 Å². The molecule has 0 atom stereocenters. The monoisotopic (exact) mass is 453 g/mol. The van der Waals surface area contributed by atoms with Crippen LogP contribution < -0.4 is 10.0 Å². The number of ether oxygens (including phenoxy) is 1. The summed E-state index contributed by atoms with van der Waals surface area (Å²) in [7, 11) is -2.97. The van der Waals surface area contributed by atoms with E-state index >= 15 is 0 Å². The fourth-order valence-corrected chi connectivity index (χ4v) is 3.67. The van der Waals surface area contributed by atoms with Crippen molar-refractivity contribution < 1.29 is 27.5 Å². The molecule has 0 fully saturated rings. The van der Waals surface area contributed by atoms with Crippen LogP contribution in [-0.2, 0) is 26.0 Å². The number of sulfonamides is 1. The van der Waals surface area contributed by atoms with Crippen LogP contribution in [0.5, 0.6) is 0 Å². The molecular formula is C22H19N3O6S. The molecule has 0 aliphatic heterocycles. The third-order valence-electron chi connectivity index (χ3n) is 4.30. The van der Waals surface area contributed by atoms with Gasteiger partial charge in [0.1, 0.15) is 5.69 Å². The summed E-state index contributed by atoms with van der Waals surface area (Å²) in [4.78, 5) is 39.4. The molecule has 3 rings (SSSR count). The maximum absolute atomic E-state index is 12.5. The Kier molecular flexibility index (Phi) is 6.96. The minimum absolute atomic E-state index is 0.0168. The Morgan fingerprint density at radius 3 is 2.22 bits per heavy atom. The van der Waals surface area contributed by atoms with Crippen molar-refractivity contribution in [3.63, 3.8) is 0 Å². The van der Waals surface area contributed by atoms with Crippen LogP contribution in [0.3, 0.4) is 0 Å². The Hall–Kier alpha value is -4.05. The second-order valence-corrected chi connectivity index (χ2v) is 8.28. The Labute approximate surface area is 184 Å². The molecule has 0 bridgehead atoms. The molecule has 0 radical (unpaired) electrons. The summed E-state index contributed by atoms with van der Waals surface area (Å²) in [5.74, 6) is -1.84. The normalized spacial score (nSPS) is 10.8. The first-order valence-corrected chi connectivity index (χ1v) is 10.8. The Balaban J connectivity index is 1.63. The second kappa shape index (κ2) is 9.84. The van der Waals surface area contributed by atoms with Crippen LogP contribution in [0.1, 0.15) is 26.4 Å². The zero-order chi connectivity index (χ0) is 23.1. The van der Waals surface area contributed by atoms with E-state index in [0.29, 0.717) is 5.69 Å². The van der Waals surface area contributed by atoms with Crippen molar-refractivity contribution in [3.05, 3.63) is 89.7 Å². The second-order valence-electron chi connectivity index (χ2n) is 6.59. The van der Waals surface area contributed by atoms with E-state index in [1.807, 2.05) is 35.1 Å². The molecule has 2 N–H and O–H groups in total. The van der Waals surface area contributed by atoms with Gasteiger partial charge in [-0.05, 0) is 42.0 Å². The number of hydrogen-bond acceptors (Lipinski definition) is 7. The number of aromatic nitrogens is 1. The quantitative estimate of drug-likeness (QED) is 0.524. The summed E-state index contributed by atoms with van der Waals surface area (Å²) < 4.78 is 31.4. The van der Waals surface area contributed by atoms with E-state index in [-0.39, 0.29) is 28.5 Å². The van der Waals surface area contributed by atoms with Gasteiger partial charge in [-0.2, -0.15) is 0 Å². The van der Waals surface area contributed by atoms with Gasteiger partial charge in [0.15, 0.2) is 0 Å². The molecule has 32 heavy (non-hydrogen) atoms. The highest BCUT2D eigenvalue weighted by atomic mass is 32.2. The predicted molar refractivity (Wildman–Crippen MR) is 115 cm³/mol. The fraction of sp³-hybridized carbons (Fsp3) is 0.0909. The van der Waals surface area contributed by atoms with Gasteiger partial charge in [-0.1, -0.05) is 30.3 Å².